The van der Waals surface area contributed by atoms with Gasteiger partial charge in [-0.25, -0.2) is 4.79 Å². The van der Waals surface area contributed by atoms with Crippen LogP contribution in [0.5, 0.6) is 0 Å². The van der Waals surface area contributed by atoms with E-state index in [1.807, 2.05) is 0 Å². The first-order valence-corrected chi connectivity index (χ1v) is 12.9. The Morgan fingerprint density at radius 2 is 1.85 bits per heavy atom. The highest BCUT2D eigenvalue weighted by atomic mass is 35.5. The molecule has 1 aliphatic rings. The topological polar surface area (TPSA) is 125 Å². The normalized spacial score (nSPS) is 17.4. The second-order valence-electron chi connectivity index (χ2n) is 8.26. The van der Waals surface area contributed by atoms with Gasteiger partial charge in [-0.2, -0.15) is 0 Å². The number of fused-ring (bicyclic) bond motifs is 1. The number of benzene rings is 1. The summed E-state index contributed by atoms with van der Waals surface area (Å²) >= 11 is 12.8. The maximum Gasteiger partial charge on any atom is 0.324 e. The first-order chi connectivity index (χ1) is 16.3. The first kappa shape index (κ1) is 26.3. The molecule has 1 unspecified atom stereocenters. The molecule has 0 bridgehead atoms. The molecule has 0 radical (unpaired) electrons. The Morgan fingerprint density at radius 1 is 1.12 bits per heavy atom. The van der Waals surface area contributed by atoms with Gasteiger partial charge in [-0.15, -0.1) is 22.9 Å². The molecule has 0 spiro atoms. The van der Waals surface area contributed by atoms with Crippen molar-refractivity contribution in [3.05, 3.63) is 45.3 Å². The van der Waals surface area contributed by atoms with E-state index >= 15 is 0 Å². The van der Waals surface area contributed by atoms with Crippen molar-refractivity contribution in [3.63, 3.8) is 0 Å². The van der Waals surface area contributed by atoms with E-state index in [0.717, 1.165) is 42.7 Å². The summed E-state index contributed by atoms with van der Waals surface area (Å²) in [5.41, 5.74) is 7.65. The van der Waals surface area contributed by atoms with Crippen LogP contribution in [0.4, 0.5) is 15.5 Å². The van der Waals surface area contributed by atoms with Crippen LogP contribution in [0.3, 0.4) is 0 Å². The van der Waals surface area contributed by atoms with Crippen molar-refractivity contribution in [2.24, 2.45) is 5.73 Å². The molecule has 0 saturated carbocycles. The minimum Gasteiger partial charge on any atom is -0.365 e. The molecule has 8 nitrogen and oxygen atoms in total. The minimum atomic E-state index is -0.549. The van der Waals surface area contributed by atoms with Crippen LogP contribution in [0.1, 0.15) is 52.9 Å². The number of rotatable bonds is 9. The molecule has 1 aromatic carbocycles. The van der Waals surface area contributed by atoms with Crippen LogP contribution in [0.15, 0.2) is 24.3 Å². The van der Waals surface area contributed by atoms with E-state index in [0.29, 0.717) is 27.8 Å². The van der Waals surface area contributed by atoms with Crippen LogP contribution in [0.25, 0.3) is 0 Å². The fourth-order valence-electron chi connectivity index (χ4n) is 4.06. The summed E-state index contributed by atoms with van der Waals surface area (Å²) < 4.78 is 0. The van der Waals surface area contributed by atoms with Crippen molar-refractivity contribution in [1.82, 2.24) is 10.6 Å². The number of amides is 4. The Morgan fingerprint density at radius 3 is 2.53 bits per heavy atom. The molecule has 6 N–H and O–H groups in total. The van der Waals surface area contributed by atoms with E-state index < -0.39 is 11.9 Å². The molecular weight excluding hydrogens is 497 g/mol. The lowest BCUT2D eigenvalue weighted by atomic mass is 9.94. The zero-order valence-corrected chi connectivity index (χ0v) is 21.2. The Balaban J connectivity index is 1.68. The van der Waals surface area contributed by atoms with Gasteiger partial charge in [0, 0.05) is 28.2 Å². The molecule has 2 aromatic rings. The number of alkyl halides is 1. The molecule has 4 amide bonds. The van der Waals surface area contributed by atoms with Gasteiger partial charge in [0.15, 0.2) is 0 Å². The number of anilines is 2. The number of urea groups is 1. The highest BCUT2D eigenvalue weighted by Gasteiger charge is 2.30. The lowest BCUT2D eigenvalue weighted by Crippen LogP contribution is -2.34. The Kier molecular flexibility index (Phi) is 9.58. The van der Waals surface area contributed by atoms with Crippen LogP contribution < -0.4 is 27.0 Å². The van der Waals surface area contributed by atoms with Crippen LogP contribution in [-0.4, -0.2) is 42.9 Å². The SMILES string of the molecule is C[C@H]1CCC(NCCCNC(=O)CCl)Cc2sc(NC(=O)Nc3ccc(Cl)cc3)c(C(N)=O)c21. The smallest absolute Gasteiger partial charge is 0.324 e. The van der Waals surface area contributed by atoms with E-state index in [9.17, 15) is 14.4 Å². The van der Waals surface area contributed by atoms with E-state index in [4.69, 9.17) is 28.9 Å². The summed E-state index contributed by atoms with van der Waals surface area (Å²) in [7, 11) is 0. The summed E-state index contributed by atoms with van der Waals surface area (Å²) in [6, 6.07) is 6.52. The fraction of sp³-hybridized carbons (Fsp3) is 0.435. The lowest BCUT2D eigenvalue weighted by Gasteiger charge is -2.17. The molecule has 11 heteroatoms. The van der Waals surface area contributed by atoms with Gasteiger partial charge >= 0.3 is 6.03 Å². The number of hydrogen-bond donors (Lipinski definition) is 5. The zero-order chi connectivity index (χ0) is 24.7. The van der Waals surface area contributed by atoms with Gasteiger partial charge in [-0.1, -0.05) is 18.5 Å². The highest BCUT2D eigenvalue weighted by Crippen LogP contribution is 2.42. The molecule has 34 heavy (non-hydrogen) atoms. The molecule has 0 saturated heterocycles. The van der Waals surface area contributed by atoms with Gasteiger partial charge in [0.05, 0.1) is 5.56 Å². The number of nitrogens with two attached hydrogens (primary N) is 1. The van der Waals surface area contributed by atoms with Crippen molar-refractivity contribution < 1.29 is 14.4 Å². The van der Waals surface area contributed by atoms with Gasteiger partial charge in [0.2, 0.25) is 5.91 Å². The van der Waals surface area contributed by atoms with Crippen LogP contribution >= 0.6 is 34.5 Å². The molecule has 0 fully saturated rings. The monoisotopic (exact) mass is 525 g/mol. The van der Waals surface area contributed by atoms with Crippen LogP contribution in [0.2, 0.25) is 5.02 Å². The van der Waals surface area contributed by atoms with E-state index in [1.54, 1.807) is 24.3 Å². The molecular formula is C23H29Cl2N5O3S. The maximum absolute atomic E-state index is 12.6. The summed E-state index contributed by atoms with van der Waals surface area (Å²) in [6.07, 6.45) is 3.37. The molecule has 1 aromatic heterocycles. The third-order valence-corrected chi connectivity index (χ3v) is 7.34. The number of nitrogens with one attached hydrogen (secondary N) is 4. The minimum absolute atomic E-state index is 0.0363. The predicted molar refractivity (Wildman–Crippen MR) is 138 cm³/mol. The first-order valence-electron chi connectivity index (χ1n) is 11.1. The van der Waals surface area contributed by atoms with Gasteiger partial charge in [0.1, 0.15) is 10.9 Å². The molecule has 1 aliphatic carbocycles. The molecule has 3 rings (SSSR count). The maximum atomic E-state index is 12.6. The Hall–Kier alpha value is -2.33. The van der Waals surface area contributed by atoms with Crippen molar-refractivity contribution >= 4 is 63.1 Å². The zero-order valence-electron chi connectivity index (χ0n) is 18.9. The van der Waals surface area contributed by atoms with Crippen LogP contribution in [-0.2, 0) is 11.2 Å². The summed E-state index contributed by atoms with van der Waals surface area (Å²) in [4.78, 5) is 37.3. The molecule has 0 aliphatic heterocycles. The molecule has 2 atom stereocenters. The van der Waals surface area contributed by atoms with E-state index in [-0.39, 0.29) is 23.7 Å². The van der Waals surface area contributed by atoms with Crippen molar-refractivity contribution in [1.29, 1.82) is 0 Å². The average molecular weight is 526 g/mol. The number of primary amides is 1. The molecule has 184 valence electrons. The molecule has 1 heterocycles. The van der Waals surface area contributed by atoms with Gasteiger partial charge in [0.25, 0.3) is 5.91 Å². The van der Waals surface area contributed by atoms with E-state index in [2.05, 4.69) is 28.2 Å². The van der Waals surface area contributed by atoms with Crippen molar-refractivity contribution in [3.8, 4) is 0 Å². The van der Waals surface area contributed by atoms with Crippen molar-refractivity contribution in [2.75, 3.05) is 29.6 Å². The van der Waals surface area contributed by atoms with Gasteiger partial charge in [-0.3, -0.25) is 14.9 Å². The Labute approximate surface area is 212 Å². The number of halogens is 2. The average Bonchev–Trinajstić information content (AvgIpc) is 3.08. The third kappa shape index (κ3) is 7.09. The summed E-state index contributed by atoms with van der Waals surface area (Å²) in [6.45, 7) is 3.40. The highest BCUT2D eigenvalue weighted by molar-refractivity contribution is 7.17. The third-order valence-electron chi connectivity index (χ3n) is 5.70. The number of hydrogen-bond acceptors (Lipinski definition) is 5. The standard InChI is InChI=1S/C23H29Cl2N5O3S/c1-13-3-6-16(27-9-2-10-28-18(31)12-24)11-17-19(13)20(21(26)32)22(34-17)30-23(33)29-15-7-4-14(25)5-8-15/h4-5,7-8,13,16,27H,2-3,6,9-12H2,1H3,(H2,26,32)(H,28,31)(H2,29,30,33)/t13-,16?/m0/s1. The number of carbonyl (C=O) groups is 3. The fourth-order valence-corrected chi connectivity index (χ4v) is 5.68. The number of carbonyl (C=O) groups excluding carboxylic acids is 3. The lowest BCUT2D eigenvalue weighted by molar-refractivity contribution is -0.118. The summed E-state index contributed by atoms with van der Waals surface area (Å²) in [5, 5.41) is 12.9. The quantitative estimate of drug-likeness (QED) is 0.190. The van der Waals surface area contributed by atoms with Crippen LogP contribution in [0, 0.1) is 0 Å². The largest absolute Gasteiger partial charge is 0.365 e. The predicted octanol–water partition coefficient (Wildman–Crippen LogP) is 4.29. The van der Waals surface area contributed by atoms with Gasteiger partial charge < -0.3 is 21.7 Å². The van der Waals surface area contributed by atoms with Gasteiger partial charge in [-0.05, 0) is 68.0 Å². The summed E-state index contributed by atoms with van der Waals surface area (Å²) in [5.74, 6) is -0.621. The van der Waals surface area contributed by atoms with E-state index in [1.165, 1.54) is 11.3 Å². The second-order valence-corrected chi connectivity index (χ2v) is 10.1. The number of thiophene rings is 1. The van der Waals surface area contributed by atoms with Crippen molar-refractivity contribution in [2.45, 2.75) is 44.6 Å². The second kappa shape index (κ2) is 12.4. The Bertz CT molecular complexity index is 1030.